The van der Waals surface area contributed by atoms with E-state index in [1.54, 1.807) is 0 Å². The van der Waals surface area contributed by atoms with Crippen LogP contribution in [0.3, 0.4) is 0 Å². The molecule has 0 bridgehead atoms. The maximum absolute atomic E-state index is 7.37. The van der Waals surface area contributed by atoms with Crippen molar-refractivity contribution in [3.05, 3.63) is 204 Å². The third-order valence-corrected chi connectivity index (χ3v) is 18.4. The van der Waals surface area contributed by atoms with Gasteiger partial charge in [-0.3, -0.25) is 0 Å². The molecule has 0 aliphatic carbocycles. The predicted octanol–water partition coefficient (Wildman–Crippen LogP) is 20.4. The van der Waals surface area contributed by atoms with Crippen molar-refractivity contribution in [2.24, 2.45) is 0 Å². The number of benzene rings is 10. The summed E-state index contributed by atoms with van der Waals surface area (Å²) in [5, 5.41) is 8.85. The normalized spacial score (nSPS) is 13.7. The smallest absolute Gasteiger partial charge is 0.333 e. The van der Waals surface area contributed by atoms with Gasteiger partial charge in [0, 0.05) is 83.5 Å². The number of anilines is 5. The van der Waals surface area contributed by atoms with Gasteiger partial charge in [0.1, 0.15) is 33.5 Å². The van der Waals surface area contributed by atoms with Crippen molar-refractivity contribution in [3.8, 4) is 16.8 Å². The minimum absolute atomic E-state index is 0.0189. The summed E-state index contributed by atoms with van der Waals surface area (Å²) in [6, 6.07) is 68.0. The third-order valence-electron chi connectivity index (χ3n) is 18.4. The number of hydrogen-bond acceptors (Lipinski definition) is 5. The highest BCUT2D eigenvalue weighted by Gasteiger charge is 2.47. The highest BCUT2D eigenvalue weighted by atomic mass is 16.3. The largest absolute Gasteiger partial charge is 0.456 e. The maximum Gasteiger partial charge on any atom is 0.333 e. The Morgan fingerprint density at radius 1 is 0.386 bits per heavy atom. The summed E-state index contributed by atoms with van der Waals surface area (Å²) >= 11 is 0. The summed E-state index contributed by atoms with van der Waals surface area (Å²) in [6.07, 6.45) is 0. The number of para-hydroxylation sites is 2. The molecule has 0 fully saturated rings. The zero-order valence-electron chi connectivity index (χ0n) is 49.5. The average molecular weight is 1080 g/mol. The van der Waals surface area contributed by atoms with Crippen molar-refractivity contribution in [3.63, 3.8) is 0 Å². The average Bonchev–Trinajstić information content (AvgIpc) is 1.83. The molecule has 10 aromatic carbocycles. The van der Waals surface area contributed by atoms with Gasteiger partial charge in [0.05, 0.1) is 16.4 Å². The Balaban J connectivity index is 1.03. The van der Waals surface area contributed by atoms with Crippen LogP contribution in [0.5, 0.6) is 0 Å². The molecule has 0 spiro atoms. The molecule has 0 unspecified atom stereocenters. The van der Waals surface area contributed by atoms with E-state index in [0.29, 0.717) is 0 Å². The number of rotatable bonds is 4. The topological polar surface area (TPSA) is 50.8 Å². The molecule has 2 aliphatic heterocycles. The summed E-state index contributed by atoms with van der Waals surface area (Å²) in [6.45, 7) is 27.2. The molecule has 6 nitrogen and oxygen atoms in total. The number of furan rings is 3. The van der Waals surface area contributed by atoms with Crippen LogP contribution in [0.1, 0.15) is 105 Å². The van der Waals surface area contributed by atoms with Crippen LogP contribution in [-0.2, 0) is 21.7 Å². The van der Waals surface area contributed by atoms with Crippen LogP contribution in [0.4, 0.5) is 28.4 Å². The second kappa shape index (κ2) is 16.8. The minimum atomic E-state index is -0.290. The first kappa shape index (κ1) is 49.8. The zero-order valence-corrected chi connectivity index (χ0v) is 49.5. The fourth-order valence-corrected chi connectivity index (χ4v) is 13.9. The van der Waals surface area contributed by atoms with Crippen LogP contribution >= 0.6 is 0 Å². The SMILES string of the molecule is CC(C)(C)c1ccc(N2B3c4cc5oc6ccccc6c5cc4-n4c5ccc(C(C)(C)C)cc5c5c6oc7ccccc7c6c(c3c54)-c3cc4c(cc32)oc2ccc(N(c3ccc(C(C)(C)C)cc3)c3ccc(C(C)(C)C)cc3)cc24)cc1. The molecule has 83 heavy (non-hydrogen) atoms. The van der Waals surface area contributed by atoms with Gasteiger partial charge < -0.3 is 27.5 Å². The molecule has 0 atom stereocenters. The number of fused-ring (bicyclic) bond motifs is 19. The highest BCUT2D eigenvalue weighted by Crippen LogP contribution is 2.54. The third kappa shape index (κ3) is 7.28. The number of hydrogen-bond donors (Lipinski definition) is 0. The molecule has 4 aromatic heterocycles. The summed E-state index contributed by atoms with van der Waals surface area (Å²) in [5.41, 5.74) is 23.8. The molecule has 6 heterocycles. The van der Waals surface area contributed by atoms with Crippen LogP contribution in [0.15, 0.2) is 195 Å². The molecule has 0 amide bonds. The molecule has 406 valence electrons. The molecule has 7 heteroatoms. The Morgan fingerprint density at radius 2 is 0.904 bits per heavy atom. The minimum Gasteiger partial charge on any atom is -0.456 e. The van der Waals surface area contributed by atoms with Gasteiger partial charge in [0.15, 0.2) is 0 Å². The number of aromatic nitrogens is 1. The molecule has 0 radical (unpaired) electrons. The van der Waals surface area contributed by atoms with E-state index >= 15 is 0 Å². The van der Waals surface area contributed by atoms with Gasteiger partial charge in [-0.25, -0.2) is 0 Å². The van der Waals surface area contributed by atoms with Crippen molar-refractivity contribution >= 4 is 134 Å². The quantitative estimate of drug-likeness (QED) is 0.164. The van der Waals surface area contributed by atoms with Crippen molar-refractivity contribution in [2.75, 3.05) is 9.71 Å². The van der Waals surface area contributed by atoms with Gasteiger partial charge in [-0.05, 0) is 157 Å². The van der Waals surface area contributed by atoms with Crippen molar-refractivity contribution < 1.29 is 13.3 Å². The summed E-state index contributed by atoms with van der Waals surface area (Å²) in [7, 11) is 0. The maximum atomic E-state index is 7.37. The fraction of sp³-hybridized carbons (Fsp3) is 0.211. The van der Waals surface area contributed by atoms with Gasteiger partial charge in [0.25, 0.3) is 0 Å². The lowest BCUT2D eigenvalue weighted by atomic mass is 9.43. The van der Waals surface area contributed by atoms with Gasteiger partial charge in [-0.1, -0.05) is 162 Å². The second-order valence-electron chi connectivity index (χ2n) is 27.8. The Hall–Kier alpha value is -8.94. The van der Waals surface area contributed by atoms with Crippen molar-refractivity contribution in [2.45, 2.75) is 105 Å². The molecular formula is C76H66BN3O3. The summed E-state index contributed by atoms with van der Waals surface area (Å²) in [5.74, 6) is 0. The zero-order chi connectivity index (χ0) is 57.0. The van der Waals surface area contributed by atoms with E-state index in [9.17, 15) is 0 Å². The van der Waals surface area contributed by atoms with Crippen LogP contribution < -0.4 is 20.6 Å². The predicted molar refractivity (Wildman–Crippen MR) is 351 cm³/mol. The van der Waals surface area contributed by atoms with E-state index in [-0.39, 0.29) is 28.5 Å². The molecule has 0 saturated carbocycles. The van der Waals surface area contributed by atoms with Gasteiger partial charge in [-0.15, -0.1) is 0 Å². The van der Waals surface area contributed by atoms with E-state index in [0.717, 1.165) is 116 Å². The lowest BCUT2D eigenvalue weighted by molar-refractivity contribution is 0.590. The van der Waals surface area contributed by atoms with Crippen LogP contribution in [-0.4, -0.2) is 11.4 Å². The van der Waals surface area contributed by atoms with Crippen molar-refractivity contribution in [1.82, 2.24) is 4.57 Å². The molecule has 16 rings (SSSR count). The lowest BCUT2D eigenvalue weighted by Crippen LogP contribution is -2.60. The molecule has 0 N–H and O–H groups in total. The lowest BCUT2D eigenvalue weighted by Gasteiger charge is -2.42. The van der Waals surface area contributed by atoms with Crippen LogP contribution in [0.25, 0.3) is 104 Å². The first-order valence-electron chi connectivity index (χ1n) is 29.5. The summed E-state index contributed by atoms with van der Waals surface area (Å²) in [4.78, 5) is 5.00. The fourth-order valence-electron chi connectivity index (χ4n) is 13.9. The molecule has 0 saturated heterocycles. The van der Waals surface area contributed by atoms with Crippen molar-refractivity contribution in [1.29, 1.82) is 0 Å². The van der Waals surface area contributed by atoms with Gasteiger partial charge in [0.2, 0.25) is 0 Å². The Morgan fingerprint density at radius 3 is 1.53 bits per heavy atom. The summed E-state index contributed by atoms with van der Waals surface area (Å²) < 4.78 is 24.0. The highest BCUT2D eigenvalue weighted by molar-refractivity contribution is 6.94. The van der Waals surface area contributed by atoms with E-state index in [1.165, 1.54) is 49.6 Å². The van der Waals surface area contributed by atoms with E-state index in [2.05, 4.69) is 279 Å². The van der Waals surface area contributed by atoms with Crippen LogP contribution in [0, 0.1) is 0 Å². The van der Waals surface area contributed by atoms with E-state index < -0.39 is 0 Å². The molecule has 14 aromatic rings. The first-order chi connectivity index (χ1) is 39.7. The molecule has 2 aliphatic rings. The number of nitrogens with zero attached hydrogens (tertiary/aromatic N) is 3. The Labute approximate surface area is 484 Å². The first-order valence-corrected chi connectivity index (χ1v) is 29.5. The van der Waals surface area contributed by atoms with Crippen LogP contribution in [0.2, 0.25) is 0 Å². The monoisotopic (exact) mass is 1080 g/mol. The standard InChI is InChI=1S/C76H66BN3O3/c1-73(2,3)43-21-28-47(29-22-43)78(48-30-23-44(24-31-48)74(4,5)6)50-34-36-64-53(38-50)54-39-57-60(42-66(54)82-64)80(49-32-25-45(26-33-49)75(7,8)9)77-58-41-65-55(51-17-13-15-19-62(51)81-65)40-61(58)79-59-35-27-46(76(10,11)12)37-56(59)69-71(79)70(77)67(57)68-52-18-14-16-20-63(52)83-72(68)69/h13-42H,1-12H3. The second-order valence-corrected chi connectivity index (χ2v) is 27.8. The molecular weight excluding hydrogens is 1010 g/mol. The Bertz CT molecular complexity index is 5000. The van der Waals surface area contributed by atoms with Gasteiger partial charge >= 0.3 is 6.85 Å². The Kier molecular flexibility index (Phi) is 10.1. The van der Waals surface area contributed by atoms with E-state index in [4.69, 9.17) is 13.3 Å². The van der Waals surface area contributed by atoms with Gasteiger partial charge in [-0.2, -0.15) is 0 Å². The van der Waals surface area contributed by atoms with E-state index in [1.807, 2.05) is 0 Å².